The van der Waals surface area contributed by atoms with Crippen molar-refractivity contribution in [1.29, 1.82) is 0 Å². The third kappa shape index (κ3) is 20.0. The van der Waals surface area contributed by atoms with E-state index in [1.54, 1.807) is 19.6 Å². The largest absolute Gasteiger partial charge is 0.481 e. The SMILES string of the molecule is CCCCN1CCN(c2nc(NCCOCCOCCC(=O)O)nc(Nc3ccc(CC4CN(CC(=O)O)CCN(CC(=O)O)CCN(CC(=O)O)CCN4CC(=O)O)cc3)n2)CC1. The first-order valence-corrected chi connectivity index (χ1v) is 21.7. The van der Waals surface area contributed by atoms with Crippen LogP contribution in [-0.2, 0) is 39.9 Å². The van der Waals surface area contributed by atoms with E-state index in [1.807, 2.05) is 24.3 Å². The zero-order valence-corrected chi connectivity index (χ0v) is 36.7. The minimum absolute atomic E-state index is 0.0721. The van der Waals surface area contributed by atoms with Crippen molar-refractivity contribution in [2.24, 2.45) is 0 Å². The Balaban J connectivity index is 1.51. The van der Waals surface area contributed by atoms with Crippen molar-refractivity contribution in [2.45, 2.75) is 38.6 Å². The lowest BCUT2D eigenvalue weighted by Gasteiger charge is -2.37. The molecule has 1 aromatic carbocycles. The summed E-state index contributed by atoms with van der Waals surface area (Å²) in [7, 11) is 0. The highest BCUT2D eigenvalue weighted by Gasteiger charge is 2.28. The van der Waals surface area contributed by atoms with E-state index in [1.165, 1.54) is 0 Å². The summed E-state index contributed by atoms with van der Waals surface area (Å²) >= 11 is 0. The number of ether oxygens (including phenoxy) is 2. The molecule has 2 aromatic rings. The molecule has 2 saturated heterocycles. The Morgan fingerprint density at radius 3 is 1.77 bits per heavy atom. The van der Waals surface area contributed by atoms with Crippen molar-refractivity contribution in [3.63, 3.8) is 0 Å². The van der Waals surface area contributed by atoms with Crippen LogP contribution in [0.25, 0.3) is 0 Å². The molecule has 23 nitrogen and oxygen atoms in total. The van der Waals surface area contributed by atoms with E-state index in [9.17, 15) is 44.4 Å². The van der Waals surface area contributed by atoms with Gasteiger partial charge in [0.05, 0.1) is 59.0 Å². The zero-order valence-electron chi connectivity index (χ0n) is 36.7. The minimum Gasteiger partial charge on any atom is -0.481 e. The Morgan fingerprint density at radius 2 is 1.17 bits per heavy atom. The lowest BCUT2D eigenvalue weighted by atomic mass is 10.0. The summed E-state index contributed by atoms with van der Waals surface area (Å²) in [5.41, 5.74) is 1.49. The number of carboxylic acid groups (broad SMARTS) is 5. The molecule has 3 heterocycles. The quantitative estimate of drug-likeness (QED) is 0.0608. The first-order valence-electron chi connectivity index (χ1n) is 21.7. The number of piperazine rings is 1. The van der Waals surface area contributed by atoms with Crippen molar-refractivity contribution < 1.29 is 59.0 Å². The van der Waals surface area contributed by atoms with Crippen LogP contribution in [0.2, 0.25) is 0 Å². The number of hydrogen-bond donors (Lipinski definition) is 7. The molecule has 0 amide bonds. The molecular formula is C41H65N11O12. The van der Waals surface area contributed by atoms with Gasteiger partial charge in [0.1, 0.15) is 0 Å². The second kappa shape index (κ2) is 27.8. The molecule has 2 aliphatic rings. The van der Waals surface area contributed by atoms with Crippen molar-refractivity contribution in [2.75, 3.05) is 153 Å². The molecule has 0 bridgehead atoms. The number of nitrogens with zero attached hydrogens (tertiary/aromatic N) is 9. The fourth-order valence-electron chi connectivity index (χ4n) is 7.39. The molecule has 0 spiro atoms. The number of nitrogens with one attached hydrogen (secondary N) is 2. The highest BCUT2D eigenvalue weighted by Crippen LogP contribution is 2.21. The molecule has 4 rings (SSSR count). The van der Waals surface area contributed by atoms with Crippen LogP contribution in [0, 0.1) is 0 Å². The van der Waals surface area contributed by atoms with Crippen LogP contribution in [-0.4, -0.2) is 239 Å². The summed E-state index contributed by atoms with van der Waals surface area (Å²) in [4.78, 5) is 83.7. The maximum atomic E-state index is 12.2. The summed E-state index contributed by atoms with van der Waals surface area (Å²) in [5.74, 6) is -4.06. The maximum absolute atomic E-state index is 12.2. The third-order valence-corrected chi connectivity index (χ3v) is 10.7. The van der Waals surface area contributed by atoms with Gasteiger partial charge in [-0.25, -0.2) is 0 Å². The van der Waals surface area contributed by atoms with Gasteiger partial charge in [-0.2, -0.15) is 15.0 Å². The minimum atomic E-state index is -1.09. The number of rotatable bonds is 26. The summed E-state index contributed by atoms with van der Waals surface area (Å²) < 4.78 is 10.9. The molecule has 0 radical (unpaired) electrons. The van der Waals surface area contributed by atoms with Crippen molar-refractivity contribution >= 4 is 53.4 Å². The Hall–Kier alpha value is -5.30. The van der Waals surface area contributed by atoms with Gasteiger partial charge in [-0.1, -0.05) is 25.5 Å². The Labute approximate surface area is 372 Å². The first kappa shape index (κ1) is 51.3. The van der Waals surface area contributed by atoms with Crippen LogP contribution >= 0.6 is 0 Å². The fraction of sp³-hybridized carbons (Fsp3) is 0.659. The summed E-state index contributed by atoms with van der Waals surface area (Å²) in [5, 5.41) is 54.2. The lowest BCUT2D eigenvalue weighted by molar-refractivity contribution is -0.142. The number of anilines is 4. The highest BCUT2D eigenvalue weighted by molar-refractivity contribution is 5.70. The van der Waals surface area contributed by atoms with E-state index in [0.717, 1.165) is 51.1 Å². The van der Waals surface area contributed by atoms with Crippen LogP contribution in [0.15, 0.2) is 24.3 Å². The molecule has 7 N–H and O–H groups in total. The van der Waals surface area contributed by atoms with Gasteiger partial charge in [0, 0.05) is 90.3 Å². The fourth-order valence-corrected chi connectivity index (χ4v) is 7.39. The van der Waals surface area contributed by atoms with Gasteiger partial charge in [0.2, 0.25) is 17.8 Å². The van der Waals surface area contributed by atoms with E-state index in [2.05, 4.69) is 32.3 Å². The number of aromatic nitrogens is 3. The van der Waals surface area contributed by atoms with Crippen LogP contribution in [0.1, 0.15) is 31.7 Å². The average molecular weight is 904 g/mol. The van der Waals surface area contributed by atoms with E-state index in [0.29, 0.717) is 49.7 Å². The van der Waals surface area contributed by atoms with Crippen LogP contribution < -0.4 is 15.5 Å². The molecule has 1 aromatic heterocycles. The number of carbonyl (C=O) groups is 5. The van der Waals surface area contributed by atoms with Crippen LogP contribution in [0.4, 0.5) is 23.5 Å². The molecule has 2 aliphatic heterocycles. The smallest absolute Gasteiger partial charge is 0.317 e. The topological polar surface area (TPSA) is 287 Å². The lowest BCUT2D eigenvalue weighted by Crippen LogP contribution is -2.53. The van der Waals surface area contributed by atoms with Gasteiger partial charge in [-0.3, -0.25) is 48.5 Å². The maximum Gasteiger partial charge on any atom is 0.317 e. The van der Waals surface area contributed by atoms with E-state index in [4.69, 9.17) is 24.5 Å². The van der Waals surface area contributed by atoms with E-state index < -0.39 is 35.9 Å². The first-order chi connectivity index (χ1) is 30.8. The predicted molar refractivity (Wildman–Crippen MR) is 234 cm³/mol. The second-order valence-electron chi connectivity index (χ2n) is 15.8. The molecule has 1 atom stereocenters. The van der Waals surface area contributed by atoms with Gasteiger partial charge in [-0.05, 0) is 37.1 Å². The van der Waals surface area contributed by atoms with Crippen LogP contribution in [0.5, 0.6) is 0 Å². The summed E-state index contributed by atoms with van der Waals surface area (Å²) in [6.07, 6.45) is 2.51. The number of carboxylic acids is 5. The van der Waals surface area contributed by atoms with Gasteiger partial charge in [0.25, 0.3) is 0 Å². The third-order valence-electron chi connectivity index (χ3n) is 10.7. The Morgan fingerprint density at radius 1 is 0.625 bits per heavy atom. The number of hydrogen-bond acceptors (Lipinski definition) is 18. The highest BCUT2D eigenvalue weighted by atomic mass is 16.5. The summed E-state index contributed by atoms with van der Waals surface area (Å²) in [6.45, 7) is 7.90. The van der Waals surface area contributed by atoms with E-state index in [-0.39, 0.29) is 91.6 Å². The number of aliphatic carboxylic acids is 5. The van der Waals surface area contributed by atoms with Gasteiger partial charge in [-0.15, -0.1) is 0 Å². The molecule has 2 fully saturated rings. The van der Waals surface area contributed by atoms with Crippen molar-refractivity contribution in [1.82, 2.24) is 39.5 Å². The average Bonchev–Trinajstić information content (AvgIpc) is 3.23. The molecule has 23 heteroatoms. The molecule has 64 heavy (non-hydrogen) atoms. The Bertz CT molecular complexity index is 1770. The predicted octanol–water partition coefficient (Wildman–Crippen LogP) is -0.0718. The summed E-state index contributed by atoms with van der Waals surface area (Å²) in [6, 6.07) is 6.93. The van der Waals surface area contributed by atoms with Crippen LogP contribution in [0.3, 0.4) is 0 Å². The van der Waals surface area contributed by atoms with Crippen molar-refractivity contribution in [3.05, 3.63) is 29.8 Å². The second-order valence-corrected chi connectivity index (χ2v) is 15.8. The number of unbranched alkanes of at least 4 members (excludes halogenated alkanes) is 1. The van der Waals surface area contributed by atoms with Crippen molar-refractivity contribution in [3.8, 4) is 0 Å². The van der Waals surface area contributed by atoms with Gasteiger partial charge < -0.3 is 50.5 Å². The Kier molecular flexibility index (Phi) is 22.3. The van der Waals surface area contributed by atoms with Gasteiger partial charge >= 0.3 is 29.8 Å². The molecule has 356 valence electrons. The molecule has 0 aliphatic carbocycles. The molecular weight excluding hydrogens is 839 g/mol. The normalized spacial score (nSPS) is 17.9. The molecule has 0 saturated carbocycles. The zero-order chi connectivity index (χ0) is 46.3. The van der Waals surface area contributed by atoms with Gasteiger partial charge in [0.15, 0.2) is 0 Å². The number of benzene rings is 1. The van der Waals surface area contributed by atoms with E-state index >= 15 is 0 Å². The molecule has 1 unspecified atom stereocenters. The monoisotopic (exact) mass is 903 g/mol. The standard InChI is InChI=1S/C41H65N11O12/c1-2-3-10-47-15-18-51(19-16-47)41-45-39(42-9-22-64-24-23-63-21-8-34(53)54)44-40(46-41)43-32-6-4-31(5-7-32)25-33-26-50(29-37(59)60)14-13-48(27-35(55)56)11-12-49(28-36(57)58)17-20-52(33)30-38(61)62/h4-7,33H,2-3,8-30H2,1H3,(H,53,54)(H,55,56)(H,57,58)(H,59,60)(H,61,62)(H2,42,43,44,45,46).